The largest absolute Gasteiger partial charge is 3.00 e. The second-order valence-electron chi connectivity index (χ2n) is 1.57. The first-order valence-corrected chi connectivity index (χ1v) is 3.32. The van der Waals surface area contributed by atoms with Gasteiger partial charge in [-0.1, -0.05) is 19.7 Å². The normalized spacial score (nSPS) is 6.00. The minimum absolute atomic E-state index is 0. The number of carboxylic acids is 3. The van der Waals surface area contributed by atoms with Gasteiger partial charge in [-0.2, -0.15) is 0 Å². The molecule has 0 heterocycles. The summed E-state index contributed by atoms with van der Waals surface area (Å²) in [5, 5.41) is 27.4. The van der Waals surface area contributed by atoms with Crippen molar-refractivity contribution in [1.29, 1.82) is 0 Å². The van der Waals surface area contributed by atoms with Gasteiger partial charge in [0.15, 0.2) is 0 Å². The summed E-state index contributed by atoms with van der Waals surface area (Å²) in [6.07, 6.45) is 2.17. The number of aliphatic carboxylic acids is 3. The van der Waals surface area contributed by atoms with Crippen molar-refractivity contribution >= 4 is 17.9 Å². The van der Waals surface area contributed by atoms with Crippen LogP contribution < -0.4 is 15.3 Å². The Kier molecular flexibility index (Phi) is 28.4. The predicted octanol–water partition coefficient (Wildman–Crippen LogP) is -3.24. The minimum atomic E-state index is -1.23. The van der Waals surface area contributed by atoms with Crippen molar-refractivity contribution in [2.75, 3.05) is 0 Å². The quantitative estimate of drug-likeness (QED) is 0.399. The van der Waals surface area contributed by atoms with Crippen LogP contribution in [0.3, 0.4) is 0 Å². The van der Waals surface area contributed by atoms with Crippen LogP contribution in [0.15, 0.2) is 38.0 Å². The molecule has 0 aromatic heterocycles. The molecular weight excluding hydrogens is 297 g/mol. The first-order valence-electron chi connectivity index (χ1n) is 3.32. The Balaban J connectivity index is -0.0000000655. The topological polar surface area (TPSA) is 120 Å². The van der Waals surface area contributed by atoms with Crippen LogP contribution in [0.4, 0.5) is 0 Å². The third-order valence-corrected chi connectivity index (χ3v) is 0.500. The minimum Gasteiger partial charge on any atom is -0.545 e. The molecule has 0 spiro atoms. The van der Waals surface area contributed by atoms with E-state index in [1.165, 1.54) is 0 Å². The Morgan fingerprint density at radius 2 is 0.750 bits per heavy atom. The van der Waals surface area contributed by atoms with E-state index < -0.39 is 17.9 Å². The molecule has 0 aromatic carbocycles. The molecule has 6 nitrogen and oxygen atoms in total. The van der Waals surface area contributed by atoms with Crippen LogP contribution in [0.25, 0.3) is 0 Å². The van der Waals surface area contributed by atoms with Crippen LogP contribution in [-0.4, -0.2) is 17.9 Å². The van der Waals surface area contributed by atoms with E-state index in [4.69, 9.17) is 29.7 Å². The standard InChI is InChI=1S/3C3H4O2.Nb/c3*1-2-3(4)5;/h3*2H,1H2,(H,4,5);/q;;;+3/p-3. The monoisotopic (exact) mass is 306 g/mol. The molecule has 0 bridgehead atoms. The van der Waals surface area contributed by atoms with Crippen LogP contribution in [0, 0.1) is 0 Å². The summed E-state index contributed by atoms with van der Waals surface area (Å²) in [6.45, 7) is 8.69. The summed E-state index contributed by atoms with van der Waals surface area (Å²) < 4.78 is 0. The molecule has 0 aliphatic carbocycles. The van der Waals surface area contributed by atoms with Gasteiger partial charge in [0.2, 0.25) is 0 Å². The average molecular weight is 306 g/mol. The second-order valence-corrected chi connectivity index (χ2v) is 1.57. The zero-order chi connectivity index (χ0) is 12.9. The van der Waals surface area contributed by atoms with Crippen molar-refractivity contribution in [2.45, 2.75) is 0 Å². The third-order valence-electron chi connectivity index (χ3n) is 0.500. The van der Waals surface area contributed by atoms with Crippen LogP contribution in [0.2, 0.25) is 0 Å². The molecule has 0 unspecified atom stereocenters. The fraction of sp³-hybridized carbons (Fsp3) is 0. The molecule has 0 aliphatic rings. The molecule has 0 saturated heterocycles. The number of hydrogen-bond donors (Lipinski definition) is 0. The number of carbonyl (C=O) groups excluding carboxylic acids is 3. The summed E-state index contributed by atoms with van der Waals surface area (Å²) in [5.41, 5.74) is 0. The Hall–Kier alpha value is -1.63. The van der Waals surface area contributed by atoms with E-state index in [1.807, 2.05) is 0 Å². The van der Waals surface area contributed by atoms with Crippen molar-refractivity contribution < 1.29 is 52.1 Å². The van der Waals surface area contributed by atoms with Crippen molar-refractivity contribution in [3.8, 4) is 0 Å². The zero-order valence-electron chi connectivity index (χ0n) is 8.25. The van der Waals surface area contributed by atoms with Gasteiger partial charge in [-0.3, -0.25) is 0 Å². The summed E-state index contributed by atoms with van der Waals surface area (Å²) in [4.78, 5) is 27.4. The zero-order valence-corrected chi connectivity index (χ0v) is 10.4. The molecule has 7 heteroatoms. The molecule has 0 aromatic rings. The number of carboxylic acid groups (broad SMARTS) is 3. The third kappa shape index (κ3) is 83.7. The van der Waals surface area contributed by atoms with Crippen molar-refractivity contribution in [2.24, 2.45) is 0 Å². The molecule has 0 aliphatic heterocycles. The van der Waals surface area contributed by atoms with E-state index in [2.05, 4.69) is 19.7 Å². The van der Waals surface area contributed by atoms with Crippen molar-refractivity contribution in [1.82, 2.24) is 0 Å². The summed E-state index contributed by atoms with van der Waals surface area (Å²) in [6, 6.07) is 0. The van der Waals surface area contributed by atoms with Gasteiger partial charge in [-0.25, -0.2) is 0 Å². The number of rotatable bonds is 3. The Labute approximate surface area is 108 Å². The molecule has 0 amide bonds. The van der Waals surface area contributed by atoms with Gasteiger partial charge in [-0.05, 0) is 18.2 Å². The van der Waals surface area contributed by atoms with Crippen LogP contribution in [0.5, 0.6) is 0 Å². The van der Waals surface area contributed by atoms with Gasteiger partial charge in [0, 0.05) is 0 Å². The maximum atomic E-state index is 9.14. The van der Waals surface area contributed by atoms with Crippen molar-refractivity contribution in [3.05, 3.63) is 38.0 Å². The van der Waals surface area contributed by atoms with E-state index >= 15 is 0 Å². The van der Waals surface area contributed by atoms with Gasteiger partial charge < -0.3 is 29.7 Å². The van der Waals surface area contributed by atoms with Gasteiger partial charge >= 0.3 is 22.4 Å². The van der Waals surface area contributed by atoms with E-state index in [1.54, 1.807) is 0 Å². The fourth-order valence-corrected chi connectivity index (χ4v) is 0. The van der Waals surface area contributed by atoms with Gasteiger partial charge in [0.05, 0.1) is 17.9 Å². The Bertz CT molecular complexity index is 216. The molecular formula is C9H9NbO6. The van der Waals surface area contributed by atoms with Crippen LogP contribution >= 0.6 is 0 Å². The number of carbonyl (C=O) groups is 3. The molecule has 16 heavy (non-hydrogen) atoms. The summed E-state index contributed by atoms with van der Waals surface area (Å²) in [7, 11) is 0. The van der Waals surface area contributed by atoms with E-state index in [0.717, 1.165) is 18.2 Å². The smallest absolute Gasteiger partial charge is 0.545 e. The van der Waals surface area contributed by atoms with Gasteiger partial charge in [-0.15, -0.1) is 0 Å². The van der Waals surface area contributed by atoms with Crippen LogP contribution in [0.1, 0.15) is 0 Å². The molecule has 0 rings (SSSR count). The predicted molar refractivity (Wildman–Crippen MR) is 45.6 cm³/mol. The molecule has 0 radical (unpaired) electrons. The summed E-state index contributed by atoms with van der Waals surface area (Å²) in [5.74, 6) is -3.69. The first kappa shape index (κ1) is 23.9. The second kappa shape index (κ2) is 19.0. The van der Waals surface area contributed by atoms with Crippen LogP contribution in [-0.2, 0) is 36.8 Å². The maximum Gasteiger partial charge on any atom is 3.00 e. The van der Waals surface area contributed by atoms with Gasteiger partial charge in [0.25, 0.3) is 0 Å². The molecule has 0 saturated carbocycles. The average Bonchev–Trinajstić information content (AvgIpc) is 2.19. The fourth-order valence-electron chi connectivity index (χ4n) is 0. The Morgan fingerprint density at radius 3 is 0.750 bits per heavy atom. The first-order chi connectivity index (χ1) is 6.81. The van der Waals surface area contributed by atoms with E-state index in [-0.39, 0.29) is 22.4 Å². The molecule has 0 N–H and O–H groups in total. The SMILES string of the molecule is C=CC(=O)[O-].C=CC(=O)[O-].C=CC(=O)[O-].[Nb+3]. The molecule has 0 atom stereocenters. The Morgan fingerprint density at radius 1 is 0.688 bits per heavy atom. The molecule has 0 fully saturated rings. The van der Waals surface area contributed by atoms with E-state index in [9.17, 15) is 0 Å². The van der Waals surface area contributed by atoms with E-state index in [0.29, 0.717) is 0 Å². The van der Waals surface area contributed by atoms with Crippen molar-refractivity contribution in [3.63, 3.8) is 0 Å². The summed E-state index contributed by atoms with van der Waals surface area (Å²) >= 11 is 0. The maximum absolute atomic E-state index is 9.14. The number of hydrogen-bond acceptors (Lipinski definition) is 6. The molecule has 86 valence electrons. The van der Waals surface area contributed by atoms with Gasteiger partial charge in [0.1, 0.15) is 0 Å².